The van der Waals surface area contributed by atoms with Crippen LogP contribution in [0, 0.1) is 23.1 Å². The van der Waals surface area contributed by atoms with Crippen LogP contribution in [0.2, 0.25) is 0 Å². The molecule has 7 nitrogen and oxygen atoms in total. The van der Waals surface area contributed by atoms with Gasteiger partial charge in [-0.15, -0.1) is 13.2 Å². The monoisotopic (exact) mass is 567 g/mol. The minimum atomic E-state index is -4.93. The Morgan fingerprint density at radius 1 is 1.15 bits per heavy atom. The zero-order chi connectivity index (χ0) is 29.1. The molecule has 1 N–H and O–H groups in total. The summed E-state index contributed by atoms with van der Waals surface area (Å²) in [5.41, 5.74) is 3.41. The SMILES string of the molecule is N#Cc1ccc2c3c(n(C(=O)NCc4ccnc(F)c4)c2c1)CCN(CC=Cc1cc(F)cc(OC(F)(F)F)c1)C3. The van der Waals surface area contributed by atoms with Crippen molar-refractivity contribution in [3.05, 3.63) is 101 Å². The van der Waals surface area contributed by atoms with Gasteiger partial charge in [0.15, 0.2) is 0 Å². The zero-order valence-electron chi connectivity index (χ0n) is 21.4. The maximum absolute atomic E-state index is 13.8. The van der Waals surface area contributed by atoms with Crippen molar-refractivity contribution < 1.29 is 31.5 Å². The number of hydrogen-bond acceptors (Lipinski definition) is 5. The van der Waals surface area contributed by atoms with Gasteiger partial charge in [-0.3, -0.25) is 9.47 Å². The Labute approximate surface area is 231 Å². The first-order valence-electron chi connectivity index (χ1n) is 12.5. The standard InChI is InChI=1S/C29H22F5N5O2/c30-21-10-18(11-22(14-21)41-29(32,33)34)2-1-8-38-9-6-25-24(17-38)23-4-3-19(15-35)12-26(23)39(25)28(40)37-16-20-5-7-36-27(31)13-20/h1-5,7,10-14H,6,8-9,16-17H2,(H,37,40). The minimum absolute atomic E-state index is 0.0807. The van der Waals surface area contributed by atoms with E-state index in [0.29, 0.717) is 48.8 Å². The van der Waals surface area contributed by atoms with Gasteiger partial charge >= 0.3 is 12.4 Å². The molecule has 2 aromatic heterocycles. The summed E-state index contributed by atoms with van der Waals surface area (Å²) in [4.78, 5) is 18.9. The fourth-order valence-corrected chi connectivity index (χ4v) is 4.89. The van der Waals surface area contributed by atoms with Crippen molar-refractivity contribution in [1.82, 2.24) is 19.8 Å². The predicted molar refractivity (Wildman–Crippen MR) is 140 cm³/mol. The van der Waals surface area contributed by atoms with E-state index in [4.69, 9.17) is 0 Å². The molecule has 0 aliphatic carbocycles. The summed E-state index contributed by atoms with van der Waals surface area (Å²) in [7, 11) is 0. The van der Waals surface area contributed by atoms with Gasteiger partial charge in [0.05, 0.1) is 17.1 Å². The molecule has 4 aromatic rings. The van der Waals surface area contributed by atoms with Gasteiger partial charge in [0.1, 0.15) is 11.6 Å². The van der Waals surface area contributed by atoms with E-state index in [0.717, 1.165) is 28.8 Å². The van der Waals surface area contributed by atoms with Crippen molar-refractivity contribution in [2.45, 2.75) is 25.9 Å². The fourth-order valence-electron chi connectivity index (χ4n) is 4.89. The molecule has 12 heteroatoms. The Morgan fingerprint density at radius 3 is 2.73 bits per heavy atom. The molecule has 3 heterocycles. The number of fused-ring (bicyclic) bond motifs is 3. The molecule has 1 aliphatic rings. The molecule has 0 unspecified atom stereocenters. The average Bonchev–Trinajstić information content (AvgIpc) is 3.23. The second-order valence-corrected chi connectivity index (χ2v) is 9.41. The Hall–Kier alpha value is -4.76. The van der Waals surface area contributed by atoms with Crippen LogP contribution in [0.3, 0.4) is 0 Å². The summed E-state index contributed by atoms with van der Waals surface area (Å²) in [6.07, 6.45) is 0.113. The van der Waals surface area contributed by atoms with Crippen molar-refractivity contribution in [3.63, 3.8) is 0 Å². The zero-order valence-corrected chi connectivity index (χ0v) is 21.4. The molecule has 0 saturated heterocycles. The largest absolute Gasteiger partial charge is 0.573 e. The highest BCUT2D eigenvalue weighted by Crippen LogP contribution is 2.32. The van der Waals surface area contributed by atoms with Gasteiger partial charge in [-0.1, -0.05) is 18.2 Å². The molecule has 0 bridgehead atoms. The molecule has 0 spiro atoms. The average molecular weight is 568 g/mol. The molecular weight excluding hydrogens is 545 g/mol. The lowest BCUT2D eigenvalue weighted by molar-refractivity contribution is -0.274. The van der Waals surface area contributed by atoms with Crippen LogP contribution in [-0.2, 0) is 19.5 Å². The van der Waals surface area contributed by atoms with E-state index in [2.05, 4.69) is 26.0 Å². The summed E-state index contributed by atoms with van der Waals surface area (Å²) >= 11 is 0. The quantitative estimate of drug-likeness (QED) is 0.231. The number of pyridine rings is 1. The van der Waals surface area contributed by atoms with E-state index in [1.54, 1.807) is 34.9 Å². The number of carbonyl (C=O) groups excluding carboxylic acids is 1. The Bertz CT molecular complexity index is 1690. The number of nitrogens with zero attached hydrogens (tertiary/aromatic N) is 4. The van der Waals surface area contributed by atoms with Crippen molar-refractivity contribution in [2.75, 3.05) is 13.1 Å². The van der Waals surface area contributed by atoms with Gasteiger partial charge in [-0.25, -0.2) is 14.2 Å². The molecule has 0 fully saturated rings. The molecule has 0 atom stereocenters. The molecule has 41 heavy (non-hydrogen) atoms. The number of nitriles is 1. The molecule has 0 saturated carbocycles. The number of carbonyl (C=O) groups is 1. The van der Waals surface area contributed by atoms with Crippen LogP contribution in [-0.4, -0.2) is 39.9 Å². The third-order valence-electron chi connectivity index (χ3n) is 6.60. The number of nitrogens with one attached hydrogen (secondary N) is 1. The first-order chi connectivity index (χ1) is 19.6. The molecule has 210 valence electrons. The van der Waals surface area contributed by atoms with Crippen LogP contribution < -0.4 is 10.1 Å². The third-order valence-corrected chi connectivity index (χ3v) is 6.60. The van der Waals surface area contributed by atoms with E-state index in [1.807, 2.05) is 0 Å². The van der Waals surface area contributed by atoms with Crippen LogP contribution in [0.25, 0.3) is 17.0 Å². The molecule has 5 rings (SSSR count). The van der Waals surface area contributed by atoms with Crippen molar-refractivity contribution >= 4 is 23.0 Å². The summed E-state index contributed by atoms with van der Waals surface area (Å²) < 4.78 is 70.3. The summed E-state index contributed by atoms with van der Waals surface area (Å²) in [5, 5.41) is 13.0. The number of rotatable bonds is 6. The second kappa shape index (κ2) is 11.4. The van der Waals surface area contributed by atoms with Crippen LogP contribution in [0.15, 0.2) is 60.8 Å². The Balaban J connectivity index is 1.35. The molecular formula is C29H22F5N5O2. The molecule has 2 aromatic carbocycles. The van der Waals surface area contributed by atoms with Crippen LogP contribution in [0.1, 0.15) is 27.9 Å². The third kappa shape index (κ3) is 6.53. The number of halogens is 5. The van der Waals surface area contributed by atoms with Crippen LogP contribution >= 0.6 is 0 Å². The van der Waals surface area contributed by atoms with Gasteiger partial charge in [-0.2, -0.15) is 9.65 Å². The number of alkyl halides is 3. The van der Waals surface area contributed by atoms with Gasteiger partial charge in [0, 0.05) is 55.9 Å². The maximum Gasteiger partial charge on any atom is 0.573 e. The van der Waals surface area contributed by atoms with Crippen molar-refractivity contribution in [3.8, 4) is 11.8 Å². The van der Waals surface area contributed by atoms with Gasteiger partial charge in [-0.05, 0) is 53.1 Å². The van der Waals surface area contributed by atoms with Gasteiger partial charge in [0.2, 0.25) is 5.95 Å². The molecule has 1 aliphatic heterocycles. The fraction of sp³-hybridized carbons (Fsp3) is 0.207. The Morgan fingerprint density at radius 2 is 1.98 bits per heavy atom. The van der Waals surface area contributed by atoms with E-state index in [9.17, 15) is 32.0 Å². The highest BCUT2D eigenvalue weighted by Gasteiger charge is 2.31. The van der Waals surface area contributed by atoms with Gasteiger partial charge in [0.25, 0.3) is 0 Å². The van der Waals surface area contributed by atoms with Gasteiger partial charge < -0.3 is 10.1 Å². The predicted octanol–water partition coefficient (Wildman–Crippen LogP) is 5.91. The summed E-state index contributed by atoms with van der Waals surface area (Å²) in [6.45, 7) is 1.52. The molecule has 0 radical (unpaired) electrons. The molecule has 1 amide bonds. The highest BCUT2D eigenvalue weighted by atomic mass is 19.4. The van der Waals surface area contributed by atoms with Crippen LogP contribution in [0.4, 0.5) is 26.7 Å². The van der Waals surface area contributed by atoms with E-state index >= 15 is 0 Å². The van der Waals surface area contributed by atoms with Crippen LogP contribution in [0.5, 0.6) is 5.75 Å². The minimum Gasteiger partial charge on any atom is -0.406 e. The van der Waals surface area contributed by atoms with Crippen molar-refractivity contribution in [2.24, 2.45) is 0 Å². The first-order valence-corrected chi connectivity index (χ1v) is 12.5. The number of hydrogen-bond donors (Lipinski definition) is 1. The number of aromatic nitrogens is 2. The van der Waals surface area contributed by atoms with E-state index < -0.39 is 29.9 Å². The number of ether oxygens (including phenoxy) is 1. The lowest BCUT2D eigenvalue weighted by Gasteiger charge is -2.27. The lowest BCUT2D eigenvalue weighted by atomic mass is 10.0. The summed E-state index contributed by atoms with van der Waals surface area (Å²) in [5.74, 6) is -2.15. The Kier molecular flexibility index (Phi) is 7.72. The topological polar surface area (TPSA) is 83.2 Å². The number of benzene rings is 2. The maximum atomic E-state index is 13.8. The van der Waals surface area contributed by atoms with E-state index in [-0.39, 0.29) is 12.1 Å². The first kappa shape index (κ1) is 27.8. The second-order valence-electron chi connectivity index (χ2n) is 9.41. The lowest BCUT2D eigenvalue weighted by Crippen LogP contribution is -2.34. The summed E-state index contributed by atoms with van der Waals surface area (Å²) in [6, 6.07) is 12.5. The highest BCUT2D eigenvalue weighted by molar-refractivity contribution is 5.96. The van der Waals surface area contributed by atoms with E-state index in [1.165, 1.54) is 18.3 Å². The normalized spacial score (nSPS) is 13.8. The smallest absolute Gasteiger partial charge is 0.406 e. The van der Waals surface area contributed by atoms with Crippen molar-refractivity contribution in [1.29, 1.82) is 5.26 Å². The number of amides is 1.